The molecule has 98 valence electrons. The van der Waals surface area contributed by atoms with Gasteiger partial charge < -0.3 is 4.57 Å². The van der Waals surface area contributed by atoms with Crippen LogP contribution in [-0.4, -0.2) is 25.4 Å². The van der Waals surface area contributed by atoms with E-state index in [-0.39, 0.29) is 22.4 Å². The maximum absolute atomic E-state index is 11.8. The highest BCUT2D eigenvalue weighted by Gasteiger charge is 2.19. The van der Waals surface area contributed by atoms with E-state index in [0.29, 0.717) is 0 Å². The maximum Gasteiger partial charge on any atom is 0.311 e. The van der Waals surface area contributed by atoms with Gasteiger partial charge in [0.15, 0.2) is 0 Å². The Bertz CT molecular complexity index is 654. The molecule has 0 aromatic carbocycles. The predicted octanol–water partition coefficient (Wildman–Crippen LogP) is 1.63. The van der Waals surface area contributed by atoms with Crippen molar-refractivity contribution in [2.24, 2.45) is 7.05 Å². The third-order valence-electron chi connectivity index (χ3n) is 2.21. The summed E-state index contributed by atoms with van der Waals surface area (Å²) >= 11 is 5.65. The molecule has 0 spiro atoms. The average molecular weight is 282 g/mol. The van der Waals surface area contributed by atoms with Crippen LogP contribution >= 0.6 is 11.6 Å². The van der Waals surface area contributed by atoms with E-state index in [2.05, 4.69) is 15.3 Å². The van der Waals surface area contributed by atoms with Crippen molar-refractivity contribution in [1.29, 1.82) is 0 Å². The molecule has 9 heteroatoms. The Kier molecular flexibility index (Phi) is 3.43. The van der Waals surface area contributed by atoms with Gasteiger partial charge in [-0.1, -0.05) is 11.6 Å². The Morgan fingerprint density at radius 1 is 1.53 bits per heavy atom. The van der Waals surface area contributed by atoms with E-state index in [1.54, 1.807) is 11.6 Å². The van der Waals surface area contributed by atoms with E-state index >= 15 is 0 Å². The van der Waals surface area contributed by atoms with Gasteiger partial charge in [-0.05, 0) is 6.07 Å². The molecule has 8 nitrogen and oxygen atoms in total. The number of carbonyl (C=O) groups is 1. The second-order valence-corrected chi connectivity index (χ2v) is 4.02. The number of nitrogens with one attached hydrogen (secondary N) is 1. The molecule has 0 aliphatic rings. The number of imidazole rings is 1. The van der Waals surface area contributed by atoms with Gasteiger partial charge in [0.1, 0.15) is 10.8 Å². The quantitative estimate of drug-likeness (QED) is 0.523. The lowest BCUT2D eigenvalue weighted by Crippen LogP contribution is -2.14. The van der Waals surface area contributed by atoms with Crippen LogP contribution in [0.4, 0.5) is 11.5 Å². The number of hydrogen-bond donors (Lipinski definition) is 1. The second-order valence-electron chi connectivity index (χ2n) is 3.64. The Hall–Kier alpha value is -2.48. The lowest BCUT2D eigenvalue weighted by Gasteiger charge is -2.03. The molecule has 0 radical (unpaired) electrons. The molecule has 0 saturated carbocycles. The molecule has 0 atom stereocenters. The SMILES string of the molecule is Cn1cnc(C(=O)Nc2nc(Cl)ccc2[N+](=O)[O-])c1. The first-order chi connectivity index (χ1) is 8.97. The molecule has 2 aromatic heterocycles. The molecule has 2 heterocycles. The summed E-state index contributed by atoms with van der Waals surface area (Å²) in [5, 5.41) is 13.2. The van der Waals surface area contributed by atoms with Gasteiger partial charge in [-0.2, -0.15) is 0 Å². The smallest absolute Gasteiger partial charge is 0.311 e. The van der Waals surface area contributed by atoms with Crippen molar-refractivity contribution in [1.82, 2.24) is 14.5 Å². The Labute approximate surface area is 112 Å². The normalized spacial score (nSPS) is 10.2. The van der Waals surface area contributed by atoms with Crippen LogP contribution in [0.3, 0.4) is 0 Å². The minimum Gasteiger partial charge on any atom is -0.340 e. The van der Waals surface area contributed by atoms with Crippen LogP contribution in [0, 0.1) is 10.1 Å². The van der Waals surface area contributed by atoms with Crippen molar-refractivity contribution < 1.29 is 9.72 Å². The third-order valence-corrected chi connectivity index (χ3v) is 2.42. The van der Waals surface area contributed by atoms with Crippen molar-refractivity contribution in [3.63, 3.8) is 0 Å². The van der Waals surface area contributed by atoms with Crippen molar-refractivity contribution in [3.05, 3.63) is 45.6 Å². The summed E-state index contributed by atoms with van der Waals surface area (Å²) in [6.07, 6.45) is 2.92. The topological polar surface area (TPSA) is 103 Å². The summed E-state index contributed by atoms with van der Waals surface area (Å²) < 4.78 is 1.58. The number of nitro groups is 1. The molecular weight excluding hydrogens is 274 g/mol. The number of aryl methyl sites for hydroxylation is 1. The van der Waals surface area contributed by atoms with Gasteiger partial charge in [0.2, 0.25) is 5.82 Å². The van der Waals surface area contributed by atoms with Crippen LogP contribution in [0.2, 0.25) is 5.15 Å². The maximum atomic E-state index is 11.8. The molecule has 1 N–H and O–H groups in total. The van der Waals surface area contributed by atoms with Crippen LogP contribution in [0.5, 0.6) is 0 Å². The monoisotopic (exact) mass is 281 g/mol. The number of aromatic nitrogens is 3. The van der Waals surface area contributed by atoms with Crippen LogP contribution in [0.1, 0.15) is 10.5 Å². The van der Waals surface area contributed by atoms with Crippen LogP contribution < -0.4 is 5.32 Å². The number of anilines is 1. The zero-order valence-electron chi connectivity index (χ0n) is 9.70. The Morgan fingerprint density at radius 3 is 2.84 bits per heavy atom. The number of nitrogens with zero attached hydrogens (tertiary/aromatic N) is 4. The van der Waals surface area contributed by atoms with Crippen molar-refractivity contribution >= 4 is 29.0 Å². The van der Waals surface area contributed by atoms with Crippen LogP contribution in [0.25, 0.3) is 0 Å². The number of hydrogen-bond acceptors (Lipinski definition) is 5. The molecule has 0 saturated heterocycles. The molecule has 0 aliphatic carbocycles. The van der Waals surface area contributed by atoms with Gasteiger partial charge in [0, 0.05) is 19.3 Å². The first kappa shape index (κ1) is 13.0. The number of carbonyl (C=O) groups excluding carboxylic acids is 1. The molecule has 0 unspecified atom stereocenters. The fourth-order valence-corrected chi connectivity index (χ4v) is 1.52. The first-order valence-electron chi connectivity index (χ1n) is 5.07. The van der Waals surface area contributed by atoms with Crippen molar-refractivity contribution in [3.8, 4) is 0 Å². The summed E-state index contributed by atoms with van der Waals surface area (Å²) in [6.45, 7) is 0. The van der Waals surface area contributed by atoms with E-state index in [9.17, 15) is 14.9 Å². The molecule has 1 amide bonds. The van der Waals surface area contributed by atoms with E-state index in [4.69, 9.17) is 11.6 Å². The van der Waals surface area contributed by atoms with Crippen molar-refractivity contribution in [2.75, 3.05) is 5.32 Å². The number of rotatable bonds is 3. The highest BCUT2D eigenvalue weighted by Crippen LogP contribution is 2.24. The highest BCUT2D eigenvalue weighted by molar-refractivity contribution is 6.29. The van der Waals surface area contributed by atoms with Gasteiger partial charge >= 0.3 is 5.69 Å². The molecule has 2 rings (SSSR count). The van der Waals surface area contributed by atoms with Gasteiger partial charge in [-0.15, -0.1) is 0 Å². The van der Waals surface area contributed by atoms with Gasteiger partial charge in [0.05, 0.1) is 11.3 Å². The fraction of sp³-hybridized carbons (Fsp3) is 0.100. The lowest BCUT2D eigenvalue weighted by atomic mass is 10.3. The number of halogens is 1. The number of amides is 1. The van der Waals surface area contributed by atoms with Crippen molar-refractivity contribution in [2.45, 2.75) is 0 Å². The summed E-state index contributed by atoms with van der Waals surface area (Å²) in [7, 11) is 1.70. The van der Waals surface area contributed by atoms with E-state index < -0.39 is 10.8 Å². The molecule has 0 aliphatic heterocycles. The third kappa shape index (κ3) is 2.86. The zero-order chi connectivity index (χ0) is 14.0. The molecule has 0 bridgehead atoms. The summed E-state index contributed by atoms with van der Waals surface area (Å²) in [5.41, 5.74) is -0.216. The second kappa shape index (κ2) is 5.02. The van der Waals surface area contributed by atoms with Gasteiger partial charge in [0.25, 0.3) is 5.91 Å². The summed E-state index contributed by atoms with van der Waals surface area (Å²) in [4.78, 5) is 29.5. The fourth-order valence-electron chi connectivity index (χ4n) is 1.37. The van der Waals surface area contributed by atoms with Gasteiger partial charge in [-0.25, -0.2) is 9.97 Å². The molecular formula is C10H8ClN5O3. The molecule has 2 aromatic rings. The van der Waals surface area contributed by atoms with Crippen LogP contribution in [0.15, 0.2) is 24.7 Å². The van der Waals surface area contributed by atoms with E-state index in [1.165, 1.54) is 24.7 Å². The molecule has 19 heavy (non-hydrogen) atoms. The zero-order valence-corrected chi connectivity index (χ0v) is 10.5. The predicted molar refractivity (Wildman–Crippen MR) is 67.1 cm³/mol. The van der Waals surface area contributed by atoms with Crippen LogP contribution in [-0.2, 0) is 7.05 Å². The Balaban J connectivity index is 2.30. The Morgan fingerprint density at radius 2 is 2.26 bits per heavy atom. The first-order valence-corrected chi connectivity index (χ1v) is 5.45. The van der Waals surface area contributed by atoms with Gasteiger partial charge in [-0.3, -0.25) is 20.2 Å². The summed E-state index contributed by atoms with van der Waals surface area (Å²) in [5.74, 6) is -0.813. The lowest BCUT2D eigenvalue weighted by molar-refractivity contribution is -0.384. The number of pyridine rings is 1. The van der Waals surface area contributed by atoms with E-state index in [1.807, 2.05) is 0 Å². The minimum atomic E-state index is -0.655. The van der Waals surface area contributed by atoms with E-state index in [0.717, 1.165) is 0 Å². The average Bonchev–Trinajstić information content (AvgIpc) is 2.75. The summed E-state index contributed by atoms with van der Waals surface area (Å²) in [6, 6.07) is 2.44. The highest BCUT2D eigenvalue weighted by atomic mass is 35.5. The standard InChI is InChI=1S/C10H8ClN5O3/c1-15-4-6(12-5-15)10(17)14-9-7(16(18)19)2-3-8(11)13-9/h2-5H,1H3,(H,13,14,17). The minimum absolute atomic E-state index is 0.0434. The largest absolute Gasteiger partial charge is 0.340 e. The molecule has 0 fully saturated rings.